The standard InChI is InChI=1S/C8H7BFN/c9-8-4-5-6(10)2-1-3-7(5)11-8/h1-4,11H,9H2. The second-order valence-corrected chi connectivity index (χ2v) is 2.65. The highest BCUT2D eigenvalue weighted by atomic mass is 19.1. The van der Waals surface area contributed by atoms with E-state index < -0.39 is 0 Å². The van der Waals surface area contributed by atoms with Crippen molar-refractivity contribution in [1.29, 1.82) is 0 Å². The van der Waals surface area contributed by atoms with Gasteiger partial charge in [-0.3, -0.25) is 0 Å². The minimum Gasteiger partial charge on any atom is -0.367 e. The van der Waals surface area contributed by atoms with Gasteiger partial charge in [-0.15, -0.1) is 0 Å². The first-order valence-corrected chi connectivity index (χ1v) is 3.51. The molecule has 0 bridgehead atoms. The van der Waals surface area contributed by atoms with E-state index in [1.54, 1.807) is 6.07 Å². The summed E-state index contributed by atoms with van der Waals surface area (Å²) in [6.45, 7) is 0. The topological polar surface area (TPSA) is 15.8 Å². The quantitative estimate of drug-likeness (QED) is 0.524. The molecule has 0 aliphatic rings. The Morgan fingerprint density at radius 3 is 2.91 bits per heavy atom. The molecule has 1 N–H and O–H groups in total. The molecule has 2 rings (SSSR count). The summed E-state index contributed by atoms with van der Waals surface area (Å²) in [4.78, 5) is 3.06. The summed E-state index contributed by atoms with van der Waals surface area (Å²) in [5.74, 6) is -0.160. The molecule has 0 atom stereocenters. The van der Waals surface area contributed by atoms with Crippen molar-refractivity contribution in [3.05, 3.63) is 30.1 Å². The van der Waals surface area contributed by atoms with Gasteiger partial charge in [0.15, 0.2) is 7.85 Å². The van der Waals surface area contributed by atoms with Crippen LogP contribution in [0.1, 0.15) is 0 Å². The molecule has 0 amide bonds. The van der Waals surface area contributed by atoms with Gasteiger partial charge >= 0.3 is 0 Å². The first kappa shape index (κ1) is 6.46. The van der Waals surface area contributed by atoms with E-state index in [0.29, 0.717) is 5.39 Å². The van der Waals surface area contributed by atoms with E-state index in [-0.39, 0.29) is 5.82 Å². The minimum absolute atomic E-state index is 0.160. The van der Waals surface area contributed by atoms with Crippen LogP contribution in [-0.4, -0.2) is 12.8 Å². The maximum atomic E-state index is 13.0. The van der Waals surface area contributed by atoms with Crippen LogP contribution in [0.2, 0.25) is 0 Å². The van der Waals surface area contributed by atoms with Crippen LogP contribution in [-0.2, 0) is 0 Å². The molecule has 1 heterocycles. The number of nitrogens with one attached hydrogen (secondary N) is 1. The SMILES string of the molecule is Bc1cc2c(F)cccc2[nH]1. The van der Waals surface area contributed by atoms with Gasteiger partial charge in [-0.1, -0.05) is 6.07 Å². The van der Waals surface area contributed by atoms with E-state index in [1.807, 2.05) is 20.0 Å². The summed E-state index contributed by atoms with van der Waals surface area (Å²) in [5.41, 5.74) is 1.85. The summed E-state index contributed by atoms with van der Waals surface area (Å²) in [6, 6.07) is 6.85. The number of fused-ring (bicyclic) bond motifs is 1. The fourth-order valence-corrected chi connectivity index (χ4v) is 1.26. The van der Waals surface area contributed by atoms with Crippen LogP contribution in [0.5, 0.6) is 0 Å². The van der Waals surface area contributed by atoms with Crippen molar-refractivity contribution in [3.63, 3.8) is 0 Å². The van der Waals surface area contributed by atoms with E-state index in [1.165, 1.54) is 6.07 Å². The highest BCUT2D eigenvalue weighted by molar-refractivity contribution is 6.32. The van der Waals surface area contributed by atoms with Crippen LogP contribution >= 0.6 is 0 Å². The maximum Gasteiger partial charge on any atom is 0.160 e. The average Bonchev–Trinajstić information content (AvgIpc) is 2.31. The second kappa shape index (κ2) is 2.12. The highest BCUT2D eigenvalue weighted by Gasteiger charge is 2.00. The van der Waals surface area contributed by atoms with Crippen molar-refractivity contribution in [3.8, 4) is 0 Å². The van der Waals surface area contributed by atoms with Crippen LogP contribution in [0.4, 0.5) is 4.39 Å². The minimum atomic E-state index is -0.160. The Kier molecular flexibility index (Phi) is 1.25. The molecule has 0 aliphatic heterocycles. The average molecular weight is 147 g/mol. The maximum absolute atomic E-state index is 13.0. The van der Waals surface area contributed by atoms with Gasteiger partial charge in [0, 0.05) is 10.9 Å². The molecule has 0 spiro atoms. The highest BCUT2D eigenvalue weighted by Crippen LogP contribution is 2.13. The molecule has 11 heavy (non-hydrogen) atoms. The van der Waals surface area contributed by atoms with E-state index in [4.69, 9.17) is 0 Å². The van der Waals surface area contributed by atoms with Gasteiger partial charge < -0.3 is 4.98 Å². The van der Waals surface area contributed by atoms with Crippen LogP contribution in [0.25, 0.3) is 10.9 Å². The number of benzene rings is 1. The predicted molar refractivity (Wildman–Crippen MR) is 46.4 cm³/mol. The Bertz CT molecular complexity index is 394. The zero-order valence-electron chi connectivity index (χ0n) is 6.19. The lowest BCUT2D eigenvalue weighted by Gasteiger charge is -1.88. The molecule has 3 heteroatoms. The molecule has 1 nitrogen and oxygen atoms in total. The number of aromatic amines is 1. The first-order chi connectivity index (χ1) is 5.27. The fourth-order valence-electron chi connectivity index (χ4n) is 1.26. The lowest BCUT2D eigenvalue weighted by atomic mass is 10.1. The largest absolute Gasteiger partial charge is 0.367 e. The number of rotatable bonds is 0. The Hall–Kier alpha value is -1.25. The van der Waals surface area contributed by atoms with Crippen molar-refractivity contribution >= 4 is 24.3 Å². The molecule has 1 aromatic heterocycles. The van der Waals surface area contributed by atoms with E-state index in [2.05, 4.69) is 4.98 Å². The summed E-state index contributed by atoms with van der Waals surface area (Å²) in [7, 11) is 1.92. The molecule has 0 saturated heterocycles. The van der Waals surface area contributed by atoms with Gasteiger partial charge in [-0.2, -0.15) is 0 Å². The lowest BCUT2D eigenvalue weighted by Crippen LogP contribution is -1.99. The Labute approximate surface area is 64.6 Å². The Morgan fingerprint density at radius 2 is 2.18 bits per heavy atom. The Balaban J connectivity index is 2.90. The first-order valence-electron chi connectivity index (χ1n) is 3.51. The fraction of sp³-hybridized carbons (Fsp3) is 0. The van der Waals surface area contributed by atoms with Crippen molar-refractivity contribution < 1.29 is 4.39 Å². The molecule has 1 aromatic carbocycles. The van der Waals surface area contributed by atoms with Crippen molar-refractivity contribution in [2.75, 3.05) is 0 Å². The molecule has 0 radical (unpaired) electrons. The van der Waals surface area contributed by atoms with Gasteiger partial charge in [-0.25, -0.2) is 4.39 Å². The molecule has 54 valence electrons. The van der Waals surface area contributed by atoms with E-state index >= 15 is 0 Å². The molecule has 0 aliphatic carbocycles. The third-order valence-electron chi connectivity index (χ3n) is 1.75. The van der Waals surface area contributed by atoms with Gasteiger partial charge in [-0.05, 0) is 23.8 Å². The summed E-state index contributed by atoms with van der Waals surface area (Å²) in [6.07, 6.45) is 0. The van der Waals surface area contributed by atoms with Gasteiger partial charge in [0.1, 0.15) is 5.82 Å². The third kappa shape index (κ3) is 0.927. The number of halogens is 1. The van der Waals surface area contributed by atoms with Gasteiger partial charge in [0.05, 0.1) is 0 Å². The van der Waals surface area contributed by atoms with Crippen LogP contribution in [0, 0.1) is 5.82 Å². The van der Waals surface area contributed by atoms with Crippen molar-refractivity contribution in [2.24, 2.45) is 0 Å². The zero-order valence-corrected chi connectivity index (χ0v) is 6.19. The number of hydrogen-bond acceptors (Lipinski definition) is 0. The summed E-state index contributed by atoms with van der Waals surface area (Å²) < 4.78 is 13.0. The molecular formula is C8H7BFN. The smallest absolute Gasteiger partial charge is 0.160 e. The summed E-state index contributed by atoms with van der Waals surface area (Å²) in [5, 5.41) is 0.671. The monoisotopic (exact) mass is 147 g/mol. The molecule has 0 fully saturated rings. The van der Waals surface area contributed by atoms with Crippen LogP contribution in [0.3, 0.4) is 0 Å². The number of aromatic nitrogens is 1. The van der Waals surface area contributed by atoms with Crippen LogP contribution in [0.15, 0.2) is 24.3 Å². The number of H-pyrrole nitrogens is 1. The van der Waals surface area contributed by atoms with Crippen molar-refractivity contribution in [1.82, 2.24) is 4.98 Å². The molecule has 0 unspecified atom stereocenters. The molecular weight excluding hydrogens is 140 g/mol. The lowest BCUT2D eigenvalue weighted by molar-refractivity contribution is 0.640. The Morgan fingerprint density at radius 1 is 1.36 bits per heavy atom. The van der Waals surface area contributed by atoms with E-state index in [0.717, 1.165) is 11.1 Å². The van der Waals surface area contributed by atoms with Crippen molar-refractivity contribution in [2.45, 2.75) is 0 Å². The van der Waals surface area contributed by atoms with Gasteiger partial charge in [0.25, 0.3) is 0 Å². The van der Waals surface area contributed by atoms with E-state index in [9.17, 15) is 4.39 Å². The third-order valence-corrected chi connectivity index (χ3v) is 1.75. The normalized spacial score (nSPS) is 10.6. The zero-order chi connectivity index (χ0) is 7.84. The second-order valence-electron chi connectivity index (χ2n) is 2.65. The van der Waals surface area contributed by atoms with Crippen LogP contribution < -0.4 is 5.59 Å². The predicted octanol–water partition coefficient (Wildman–Crippen LogP) is 0.565. The number of hydrogen-bond donors (Lipinski definition) is 1. The molecule has 0 saturated carbocycles. The van der Waals surface area contributed by atoms with Gasteiger partial charge in [0.2, 0.25) is 0 Å². The molecule has 2 aromatic rings. The summed E-state index contributed by atoms with van der Waals surface area (Å²) >= 11 is 0.